The summed E-state index contributed by atoms with van der Waals surface area (Å²) >= 11 is 3.73. The van der Waals surface area contributed by atoms with Gasteiger partial charge in [-0.2, -0.15) is 0 Å². The van der Waals surface area contributed by atoms with Crippen molar-refractivity contribution in [1.82, 2.24) is 10.2 Å². The molecule has 0 bridgehead atoms. The first-order valence-corrected chi connectivity index (χ1v) is 10.9. The Hall–Kier alpha value is -0.620. The Morgan fingerprint density at radius 2 is 1.91 bits per heavy atom. The lowest BCUT2D eigenvalue weighted by molar-refractivity contribution is 0.285. The van der Waals surface area contributed by atoms with Crippen LogP contribution in [0.2, 0.25) is 0 Å². The molecule has 4 atom stereocenters. The van der Waals surface area contributed by atoms with Crippen LogP contribution >= 0.6 is 23.5 Å². The molecule has 3 heterocycles. The SMILES string of the molecule is C1=C(CSC2=N[C@H]3CCCC[C@@H]3N2)N2C(=NC3CCCCC32)S1. The van der Waals surface area contributed by atoms with Gasteiger partial charge in [-0.05, 0) is 31.1 Å². The molecule has 0 amide bonds. The number of hydrogen-bond acceptors (Lipinski definition) is 6. The van der Waals surface area contributed by atoms with Crippen LogP contribution in [0.3, 0.4) is 0 Å². The Labute approximate surface area is 146 Å². The fourth-order valence-electron chi connectivity index (χ4n) is 4.60. The Bertz CT molecular complexity index is 585. The minimum absolute atomic E-state index is 0.546. The Morgan fingerprint density at radius 1 is 1.09 bits per heavy atom. The minimum Gasteiger partial charge on any atom is -0.360 e. The van der Waals surface area contributed by atoms with E-state index in [1.807, 2.05) is 23.5 Å². The number of fused-ring (bicyclic) bond motifs is 4. The van der Waals surface area contributed by atoms with Crippen molar-refractivity contribution in [2.24, 2.45) is 9.98 Å². The maximum atomic E-state index is 4.96. The topological polar surface area (TPSA) is 40.0 Å². The van der Waals surface area contributed by atoms with Crippen LogP contribution in [0.5, 0.6) is 0 Å². The highest BCUT2D eigenvalue weighted by Crippen LogP contribution is 2.41. The van der Waals surface area contributed by atoms with Crippen LogP contribution in [0.1, 0.15) is 51.4 Å². The molecule has 2 unspecified atom stereocenters. The van der Waals surface area contributed by atoms with Gasteiger partial charge in [0.2, 0.25) is 0 Å². The summed E-state index contributed by atoms with van der Waals surface area (Å²) in [6, 6.07) is 2.36. The van der Waals surface area contributed by atoms with E-state index in [2.05, 4.69) is 15.6 Å². The number of amidine groups is 2. The van der Waals surface area contributed by atoms with E-state index in [-0.39, 0.29) is 0 Å². The summed E-state index contributed by atoms with van der Waals surface area (Å²) < 4.78 is 0. The first-order valence-electron chi connectivity index (χ1n) is 9.08. The maximum Gasteiger partial charge on any atom is 0.168 e. The van der Waals surface area contributed by atoms with Crippen molar-refractivity contribution >= 4 is 33.9 Å². The van der Waals surface area contributed by atoms with Crippen molar-refractivity contribution in [3.63, 3.8) is 0 Å². The Kier molecular flexibility index (Phi) is 3.85. The van der Waals surface area contributed by atoms with Gasteiger partial charge >= 0.3 is 0 Å². The Balaban J connectivity index is 1.23. The van der Waals surface area contributed by atoms with Crippen molar-refractivity contribution in [3.05, 3.63) is 11.1 Å². The highest BCUT2D eigenvalue weighted by Gasteiger charge is 2.41. The molecule has 4 nitrogen and oxygen atoms in total. The molecule has 2 aliphatic carbocycles. The second-order valence-electron chi connectivity index (χ2n) is 7.25. The third-order valence-corrected chi connectivity index (χ3v) is 7.64. The van der Waals surface area contributed by atoms with Gasteiger partial charge in [-0.1, -0.05) is 49.2 Å². The molecule has 0 saturated heterocycles. The molecule has 0 radical (unpaired) electrons. The third kappa shape index (κ3) is 2.62. The molecule has 2 fully saturated rings. The van der Waals surface area contributed by atoms with Gasteiger partial charge in [0.15, 0.2) is 10.3 Å². The van der Waals surface area contributed by atoms with Crippen LogP contribution < -0.4 is 5.32 Å². The molecule has 0 aromatic rings. The number of rotatable bonds is 2. The van der Waals surface area contributed by atoms with Gasteiger partial charge in [0, 0.05) is 11.4 Å². The van der Waals surface area contributed by atoms with Crippen molar-refractivity contribution < 1.29 is 0 Å². The lowest BCUT2D eigenvalue weighted by Crippen LogP contribution is -2.39. The summed E-state index contributed by atoms with van der Waals surface area (Å²) in [5, 5.41) is 8.42. The zero-order chi connectivity index (χ0) is 15.2. The van der Waals surface area contributed by atoms with Gasteiger partial charge in [-0.15, -0.1) is 0 Å². The molecule has 0 spiro atoms. The quantitative estimate of drug-likeness (QED) is 0.828. The van der Waals surface area contributed by atoms with Crippen LogP contribution in [0.4, 0.5) is 0 Å². The summed E-state index contributed by atoms with van der Waals surface area (Å²) in [6.45, 7) is 0. The van der Waals surface area contributed by atoms with E-state index in [9.17, 15) is 0 Å². The highest BCUT2D eigenvalue weighted by molar-refractivity contribution is 8.17. The van der Waals surface area contributed by atoms with Crippen LogP contribution in [-0.2, 0) is 0 Å². The van der Waals surface area contributed by atoms with Gasteiger partial charge in [0.25, 0.3) is 0 Å². The van der Waals surface area contributed by atoms with Gasteiger partial charge in [-0.25, -0.2) is 0 Å². The molecule has 0 aromatic carbocycles. The standard InChI is InChI=1S/C17H24N4S2/c1-2-6-13-12(5-1)18-16(19-13)22-9-11-10-23-17-20-14-7-3-4-8-15(14)21(11)17/h10,12-15H,1-9H2,(H,18,19)/t12-,13-,14?,15?/m0/s1. The number of thioether (sulfide) groups is 2. The summed E-state index contributed by atoms with van der Waals surface area (Å²) in [6.07, 6.45) is 10.6. The molecular weight excluding hydrogens is 324 g/mol. The van der Waals surface area contributed by atoms with E-state index in [0.717, 1.165) is 5.75 Å². The summed E-state index contributed by atoms with van der Waals surface area (Å²) in [5.74, 6) is 1.03. The molecule has 124 valence electrons. The van der Waals surface area contributed by atoms with Gasteiger partial charge in [-0.3, -0.25) is 9.98 Å². The lowest BCUT2D eigenvalue weighted by atomic mass is 9.91. The molecule has 2 saturated carbocycles. The fourth-order valence-corrected chi connectivity index (χ4v) is 6.65. The average Bonchev–Trinajstić information content (AvgIpc) is 3.25. The van der Waals surface area contributed by atoms with E-state index in [0.29, 0.717) is 24.2 Å². The molecule has 6 heteroatoms. The largest absolute Gasteiger partial charge is 0.360 e. The Morgan fingerprint density at radius 3 is 2.83 bits per heavy atom. The van der Waals surface area contributed by atoms with E-state index >= 15 is 0 Å². The zero-order valence-electron chi connectivity index (χ0n) is 13.4. The van der Waals surface area contributed by atoms with E-state index in [4.69, 9.17) is 9.98 Å². The second-order valence-corrected chi connectivity index (χ2v) is 9.05. The molecule has 3 aliphatic heterocycles. The van der Waals surface area contributed by atoms with Gasteiger partial charge in [0.1, 0.15) is 0 Å². The summed E-state index contributed by atoms with van der Waals surface area (Å²) in [7, 11) is 0. The summed E-state index contributed by atoms with van der Waals surface area (Å²) in [4.78, 5) is 12.4. The minimum atomic E-state index is 0.546. The van der Waals surface area contributed by atoms with Crippen LogP contribution in [0.25, 0.3) is 0 Å². The van der Waals surface area contributed by atoms with Crippen molar-refractivity contribution in [3.8, 4) is 0 Å². The number of nitrogens with zero attached hydrogens (tertiary/aromatic N) is 3. The number of nitrogens with one attached hydrogen (secondary N) is 1. The molecule has 5 rings (SSSR count). The van der Waals surface area contributed by atoms with Crippen LogP contribution in [0, 0.1) is 0 Å². The highest BCUT2D eigenvalue weighted by atomic mass is 32.2. The van der Waals surface area contributed by atoms with Crippen molar-refractivity contribution in [1.29, 1.82) is 0 Å². The normalized spacial score (nSPS) is 38.3. The average molecular weight is 349 g/mol. The first-order chi connectivity index (χ1) is 11.4. The predicted molar refractivity (Wildman–Crippen MR) is 100 cm³/mol. The molecule has 0 aromatic heterocycles. The molecule has 23 heavy (non-hydrogen) atoms. The van der Waals surface area contributed by atoms with E-state index in [1.54, 1.807) is 0 Å². The zero-order valence-corrected chi connectivity index (χ0v) is 15.0. The lowest BCUT2D eigenvalue weighted by Gasteiger charge is -2.31. The van der Waals surface area contributed by atoms with Gasteiger partial charge in [0.05, 0.1) is 24.2 Å². The third-order valence-electron chi connectivity index (χ3n) is 5.80. The molecule has 5 aliphatic rings. The van der Waals surface area contributed by atoms with E-state index in [1.165, 1.54) is 67.4 Å². The van der Waals surface area contributed by atoms with Crippen molar-refractivity contribution in [2.45, 2.75) is 75.5 Å². The van der Waals surface area contributed by atoms with Crippen LogP contribution in [0.15, 0.2) is 21.1 Å². The summed E-state index contributed by atoms with van der Waals surface area (Å²) in [5.41, 5.74) is 1.45. The van der Waals surface area contributed by atoms with E-state index < -0.39 is 0 Å². The first kappa shape index (κ1) is 14.7. The maximum absolute atomic E-state index is 4.96. The molecular formula is C17H24N4S2. The monoisotopic (exact) mass is 348 g/mol. The number of aliphatic imine (C=N–C) groups is 2. The second kappa shape index (κ2) is 6.03. The number of hydrogen-bond donors (Lipinski definition) is 1. The smallest absolute Gasteiger partial charge is 0.168 e. The molecule has 1 N–H and O–H groups in total. The predicted octanol–water partition coefficient (Wildman–Crippen LogP) is 3.56. The van der Waals surface area contributed by atoms with Gasteiger partial charge < -0.3 is 10.2 Å². The van der Waals surface area contributed by atoms with Crippen LogP contribution in [-0.4, -0.2) is 45.2 Å². The van der Waals surface area contributed by atoms with Crippen molar-refractivity contribution in [2.75, 3.05) is 5.75 Å². The fraction of sp³-hybridized carbons (Fsp3) is 0.765.